The Morgan fingerprint density at radius 3 is 2.29 bits per heavy atom. The molecule has 0 radical (unpaired) electrons. The van der Waals surface area contributed by atoms with Crippen molar-refractivity contribution < 1.29 is 5.11 Å². The fraction of sp³-hybridized carbons (Fsp3) is 1.00. The van der Waals surface area contributed by atoms with Crippen molar-refractivity contribution >= 4 is 0 Å². The Bertz CT molecular complexity index is 227. The van der Waals surface area contributed by atoms with Crippen LogP contribution in [-0.4, -0.2) is 60.3 Å². The predicted molar refractivity (Wildman–Crippen MR) is 55.1 cm³/mol. The van der Waals surface area contributed by atoms with Crippen molar-refractivity contribution in [3.63, 3.8) is 0 Å². The Balaban J connectivity index is 1.97. The highest BCUT2D eigenvalue weighted by Crippen LogP contribution is 2.42. The number of rotatable bonds is 1. The van der Waals surface area contributed by atoms with Crippen LogP contribution in [0.5, 0.6) is 0 Å². The van der Waals surface area contributed by atoms with Crippen molar-refractivity contribution in [2.45, 2.75) is 19.4 Å². The van der Waals surface area contributed by atoms with Crippen molar-refractivity contribution in [3.8, 4) is 0 Å². The fourth-order valence-electron chi connectivity index (χ4n) is 3.73. The molecule has 3 nitrogen and oxygen atoms in total. The van der Waals surface area contributed by atoms with Gasteiger partial charge in [-0.2, -0.15) is 0 Å². The van der Waals surface area contributed by atoms with Gasteiger partial charge in [0.05, 0.1) is 6.10 Å². The lowest BCUT2D eigenvalue weighted by Crippen LogP contribution is -2.63. The van der Waals surface area contributed by atoms with E-state index in [1.54, 1.807) is 0 Å². The summed E-state index contributed by atoms with van der Waals surface area (Å²) in [6.07, 6.45) is 1.08. The first-order valence-corrected chi connectivity index (χ1v) is 5.86. The fourth-order valence-corrected chi connectivity index (χ4v) is 3.73. The van der Waals surface area contributed by atoms with Crippen molar-refractivity contribution in [3.05, 3.63) is 0 Å². The molecule has 0 aromatic carbocycles. The lowest BCUT2D eigenvalue weighted by molar-refractivity contribution is -0.117. The Hall–Kier alpha value is -0.120. The van der Waals surface area contributed by atoms with Crippen molar-refractivity contribution in [2.75, 3.05) is 39.3 Å². The molecule has 0 aromatic rings. The molecule has 0 aliphatic carbocycles. The van der Waals surface area contributed by atoms with Gasteiger partial charge in [-0.25, -0.2) is 0 Å². The molecular formula is C11H20N2O. The molecule has 4 saturated heterocycles. The van der Waals surface area contributed by atoms with Crippen LogP contribution in [0.15, 0.2) is 0 Å². The van der Waals surface area contributed by atoms with Crippen LogP contribution in [0.1, 0.15) is 13.3 Å². The van der Waals surface area contributed by atoms with Gasteiger partial charge in [0.15, 0.2) is 0 Å². The van der Waals surface area contributed by atoms with E-state index in [9.17, 15) is 5.11 Å². The summed E-state index contributed by atoms with van der Waals surface area (Å²) < 4.78 is 0. The maximum atomic E-state index is 10.3. The minimum absolute atomic E-state index is 0.0434. The van der Waals surface area contributed by atoms with E-state index < -0.39 is 0 Å². The van der Waals surface area contributed by atoms with Gasteiger partial charge in [-0.15, -0.1) is 0 Å². The minimum Gasteiger partial charge on any atom is -0.392 e. The first kappa shape index (κ1) is 9.13. The van der Waals surface area contributed by atoms with Crippen LogP contribution in [0.25, 0.3) is 0 Å². The molecule has 4 rings (SSSR count). The van der Waals surface area contributed by atoms with Gasteiger partial charge >= 0.3 is 0 Å². The second kappa shape index (κ2) is 2.94. The van der Waals surface area contributed by atoms with Crippen molar-refractivity contribution in [1.82, 2.24) is 9.80 Å². The zero-order valence-corrected chi connectivity index (χ0v) is 8.95. The molecule has 0 spiro atoms. The normalized spacial score (nSPS) is 56.1. The molecule has 2 unspecified atom stereocenters. The Labute approximate surface area is 85.7 Å². The smallest absolute Gasteiger partial charge is 0.0673 e. The number of hydrogen-bond acceptors (Lipinski definition) is 3. The molecule has 14 heavy (non-hydrogen) atoms. The van der Waals surface area contributed by atoms with Gasteiger partial charge in [-0.1, -0.05) is 6.92 Å². The van der Waals surface area contributed by atoms with Gasteiger partial charge in [0.1, 0.15) is 0 Å². The number of aliphatic hydroxyl groups excluding tert-OH is 1. The number of piperidine rings is 2. The summed E-state index contributed by atoms with van der Waals surface area (Å²) in [5.74, 6) is 0.514. The lowest BCUT2D eigenvalue weighted by atomic mass is 9.68. The summed E-state index contributed by atoms with van der Waals surface area (Å²) >= 11 is 0. The molecule has 3 atom stereocenters. The number of fused-ring (bicyclic) bond motifs is 1. The zero-order chi connectivity index (χ0) is 9.76. The van der Waals surface area contributed by atoms with E-state index in [0.29, 0.717) is 5.92 Å². The lowest BCUT2D eigenvalue weighted by Gasteiger charge is -2.53. The molecule has 0 aromatic heterocycles. The van der Waals surface area contributed by atoms with E-state index in [1.165, 1.54) is 13.1 Å². The molecule has 4 fully saturated rings. The molecule has 1 N–H and O–H groups in total. The maximum Gasteiger partial charge on any atom is 0.0673 e. The summed E-state index contributed by atoms with van der Waals surface area (Å²) in [4.78, 5) is 5.13. The molecule has 4 aliphatic heterocycles. The van der Waals surface area contributed by atoms with Crippen LogP contribution in [0.4, 0.5) is 0 Å². The van der Waals surface area contributed by atoms with Crippen molar-refractivity contribution in [1.29, 1.82) is 0 Å². The quantitative estimate of drug-likeness (QED) is 0.640. The van der Waals surface area contributed by atoms with Gasteiger partial charge < -0.3 is 14.9 Å². The number of nitrogens with zero attached hydrogens (tertiary/aromatic N) is 2. The van der Waals surface area contributed by atoms with Gasteiger partial charge in [-0.05, 0) is 6.42 Å². The Kier molecular flexibility index (Phi) is 1.92. The number of hydrogen-bond donors (Lipinski definition) is 1. The van der Waals surface area contributed by atoms with E-state index in [0.717, 1.165) is 32.6 Å². The highest BCUT2D eigenvalue weighted by molar-refractivity contribution is 5.05. The van der Waals surface area contributed by atoms with E-state index >= 15 is 0 Å². The third-order valence-corrected chi connectivity index (χ3v) is 4.57. The van der Waals surface area contributed by atoms with E-state index in [-0.39, 0.29) is 11.5 Å². The zero-order valence-electron chi connectivity index (χ0n) is 8.95. The predicted octanol–water partition coefficient (Wildman–Crippen LogP) is 0.00470. The second-order valence-electron chi connectivity index (χ2n) is 5.39. The topological polar surface area (TPSA) is 26.7 Å². The molecule has 3 heteroatoms. The molecule has 4 heterocycles. The van der Waals surface area contributed by atoms with E-state index in [4.69, 9.17) is 0 Å². The van der Waals surface area contributed by atoms with Gasteiger partial charge in [0.25, 0.3) is 0 Å². The summed E-state index contributed by atoms with van der Waals surface area (Å²) in [5, 5.41) is 10.3. The molecule has 0 saturated carbocycles. The molecule has 4 aliphatic rings. The van der Waals surface area contributed by atoms with Crippen LogP contribution < -0.4 is 0 Å². The van der Waals surface area contributed by atoms with Gasteiger partial charge in [-0.3, -0.25) is 0 Å². The molecule has 80 valence electrons. The molecular weight excluding hydrogens is 176 g/mol. The monoisotopic (exact) mass is 196 g/mol. The first-order chi connectivity index (χ1) is 6.73. The standard InChI is InChI=1S/C11H20N2O/c1-2-11-7-12-3-4-13(8-11)6-9(5-12)10(11)14/h9-10,14H,2-8H2,1H3/t9?,10-,11?/m1/s1. The van der Waals surface area contributed by atoms with Crippen LogP contribution in [0.2, 0.25) is 0 Å². The highest BCUT2D eigenvalue weighted by atomic mass is 16.3. The van der Waals surface area contributed by atoms with E-state index in [1.807, 2.05) is 0 Å². The molecule has 0 amide bonds. The first-order valence-electron chi connectivity index (χ1n) is 5.86. The second-order valence-corrected chi connectivity index (χ2v) is 5.39. The van der Waals surface area contributed by atoms with Gasteiger partial charge in [0, 0.05) is 50.6 Å². The highest BCUT2D eigenvalue weighted by Gasteiger charge is 2.52. The van der Waals surface area contributed by atoms with Crippen LogP contribution in [0.3, 0.4) is 0 Å². The van der Waals surface area contributed by atoms with Crippen LogP contribution in [0, 0.1) is 11.3 Å². The summed E-state index contributed by atoms with van der Waals surface area (Å²) in [7, 11) is 0. The number of aliphatic hydroxyl groups is 1. The third kappa shape index (κ3) is 1.09. The van der Waals surface area contributed by atoms with Crippen LogP contribution >= 0.6 is 0 Å². The Morgan fingerprint density at radius 1 is 1.21 bits per heavy atom. The maximum absolute atomic E-state index is 10.3. The summed E-state index contributed by atoms with van der Waals surface area (Å²) in [6, 6.07) is 0. The van der Waals surface area contributed by atoms with Crippen LogP contribution in [-0.2, 0) is 0 Å². The van der Waals surface area contributed by atoms with Crippen molar-refractivity contribution in [2.24, 2.45) is 11.3 Å². The average Bonchev–Trinajstić information content (AvgIpc) is 2.41. The SMILES string of the molecule is CCC12CN3CCN(CC(C3)[C@H]1O)C2. The van der Waals surface area contributed by atoms with E-state index in [2.05, 4.69) is 16.7 Å². The minimum atomic E-state index is -0.0434. The molecule has 4 bridgehead atoms. The average molecular weight is 196 g/mol. The summed E-state index contributed by atoms with van der Waals surface area (Å²) in [5.41, 5.74) is 0.192. The third-order valence-electron chi connectivity index (χ3n) is 4.57. The largest absolute Gasteiger partial charge is 0.392 e. The Morgan fingerprint density at radius 2 is 1.79 bits per heavy atom. The van der Waals surface area contributed by atoms with Gasteiger partial charge in [0.2, 0.25) is 0 Å². The summed E-state index contributed by atoms with van der Waals surface area (Å²) in [6.45, 7) is 9.16.